The van der Waals surface area contributed by atoms with Gasteiger partial charge in [0, 0.05) is 13.2 Å². The maximum Gasteiger partial charge on any atom is 0.243 e. The molecule has 0 bridgehead atoms. The lowest BCUT2D eigenvalue weighted by Gasteiger charge is -2.34. The van der Waals surface area contributed by atoms with E-state index in [2.05, 4.69) is 34.3 Å². The summed E-state index contributed by atoms with van der Waals surface area (Å²) in [5.41, 5.74) is 2.05. The van der Waals surface area contributed by atoms with Crippen LogP contribution in [0.25, 0.3) is 0 Å². The molecule has 0 aromatic carbocycles. The van der Waals surface area contributed by atoms with Gasteiger partial charge in [0.15, 0.2) is 0 Å². The first-order valence-electron chi connectivity index (χ1n) is 6.28. The highest BCUT2D eigenvalue weighted by molar-refractivity contribution is 5.28. The van der Waals surface area contributed by atoms with Crippen LogP contribution in [0, 0.1) is 0 Å². The Morgan fingerprint density at radius 2 is 1.88 bits per heavy atom. The van der Waals surface area contributed by atoms with Gasteiger partial charge >= 0.3 is 0 Å². The maximum atomic E-state index is 5.24. The molecule has 1 aliphatic carbocycles. The van der Waals surface area contributed by atoms with Crippen LogP contribution in [0.2, 0.25) is 0 Å². The molecule has 2 rings (SSSR count). The molecule has 0 radical (unpaired) electrons. The van der Waals surface area contributed by atoms with Crippen LogP contribution in [-0.4, -0.2) is 34.4 Å². The molecule has 5 heteroatoms. The number of nitrogens with zero attached hydrogens (tertiary/aromatic N) is 3. The van der Waals surface area contributed by atoms with Crippen LogP contribution in [0.15, 0.2) is 0 Å². The summed E-state index contributed by atoms with van der Waals surface area (Å²) in [5, 5.41) is 11.6. The number of methoxy groups -OCH3 is 1. The summed E-state index contributed by atoms with van der Waals surface area (Å²) in [5.74, 6) is 0.651. The van der Waals surface area contributed by atoms with Crippen molar-refractivity contribution < 1.29 is 4.74 Å². The summed E-state index contributed by atoms with van der Waals surface area (Å²) in [7, 11) is 1.75. The van der Waals surface area contributed by atoms with E-state index in [4.69, 9.17) is 4.74 Å². The Balaban J connectivity index is 1.97. The molecule has 0 amide bonds. The van der Waals surface area contributed by atoms with Gasteiger partial charge in [0.05, 0.1) is 17.5 Å². The van der Waals surface area contributed by atoms with Gasteiger partial charge in [-0.3, -0.25) is 0 Å². The number of hydrogen-bond acceptors (Lipinski definition) is 5. The second kappa shape index (κ2) is 5.40. The van der Waals surface area contributed by atoms with E-state index in [-0.39, 0.29) is 0 Å². The summed E-state index contributed by atoms with van der Waals surface area (Å²) >= 11 is 0. The second-order valence-corrected chi connectivity index (χ2v) is 4.41. The summed E-state index contributed by atoms with van der Waals surface area (Å²) in [6, 6.07) is 0.430. The van der Waals surface area contributed by atoms with E-state index < -0.39 is 0 Å². The van der Waals surface area contributed by atoms with Crippen molar-refractivity contribution in [2.75, 3.05) is 12.4 Å². The monoisotopic (exact) mass is 236 g/mol. The fraction of sp³-hybridized carbons (Fsp3) is 0.750. The number of aromatic nitrogens is 3. The quantitative estimate of drug-likeness (QED) is 0.841. The van der Waals surface area contributed by atoms with Gasteiger partial charge in [-0.25, -0.2) is 4.98 Å². The largest absolute Gasteiger partial charge is 0.381 e. The van der Waals surface area contributed by atoms with Gasteiger partial charge in [-0.05, 0) is 25.7 Å². The summed E-state index contributed by atoms with van der Waals surface area (Å²) in [4.78, 5) is 4.51. The average Bonchev–Trinajstić information content (AvgIpc) is 2.32. The molecule has 1 aromatic heterocycles. The molecule has 1 aliphatic rings. The third kappa shape index (κ3) is 2.72. The van der Waals surface area contributed by atoms with E-state index >= 15 is 0 Å². The standard InChI is InChI=1S/C12H20N4O/c1-4-10-11(5-2)15-16-12(14-10)13-8-6-9(7-8)17-3/h8-9H,4-7H2,1-3H3,(H,13,14,16). The summed E-state index contributed by atoms with van der Waals surface area (Å²) in [6.07, 6.45) is 4.23. The van der Waals surface area contributed by atoms with Crippen molar-refractivity contribution >= 4 is 5.95 Å². The van der Waals surface area contributed by atoms with Crippen LogP contribution in [0.1, 0.15) is 38.1 Å². The molecule has 1 fully saturated rings. The van der Waals surface area contributed by atoms with E-state index in [1.54, 1.807) is 7.11 Å². The highest BCUT2D eigenvalue weighted by Crippen LogP contribution is 2.25. The molecule has 94 valence electrons. The lowest BCUT2D eigenvalue weighted by molar-refractivity contribution is 0.0326. The van der Waals surface area contributed by atoms with Gasteiger partial charge in [-0.1, -0.05) is 13.8 Å². The molecule has 17 heavy (non-hydrogen) atoms. The first-order valence-corrected chi connectivity index (χ1v) is 6.28. The molecule has 1 aromatic rings. The first kappa shape index (κ1) is 12.2. The van der Waals surface area contributed by atoms with Crippen LogP contribution in [0.4, 0.5) is 5.95 Å². The number of hydrogen-bond donors (Lipinski definition) is 1. The van der Waals surface area contributed by atoms with E-state index in [9.17, 15) is 0 Å². The van der Waals surface area contributed by atoms with Crippen LogP contribution in [0.3, 0.4) is 0 Å². The van der Waals surface area contributed by atoms with Crippen LogP contribution in [-0.2, 0) is 17.6 Å². The molecule has 0 atom stereocenters. The van der Waals surface area contributed by atoms with Crippen LogP contribution in [0.5, 0.6) is 0 Å². The van der Waals surface area contributed by atoms with Crippen LogP contribution < -0.4 is 5.32 Å². The lowest BCUT2D eigenvalue weighted by atomic mass is 9.89. The van der Waals surface area contributed by atoms with Crippen molar-refractivity contribution in [2.24, 2.45) is 0 Å². The van der Waals surface area contributed by atoms with Gasteiger partial charge < -0.3 is 10.1 Å². The van der Waals surface area contributed by atoms with Crippen molar-refractivity contribution in [1.82, 2.24) is 15.2 Å². The molecular formula is C12H20N4O. The minimum absolute atomic E-state index is 0.390. The van der Waals surface area contributed by atoms with Gasteiger partial charge in [-0.2, -0.15) is 5.10 Å². The predicted molar refractivity (Wildman–Crippen MR) is 66.0 cm³/mol. The Bertz CT molecular complexity index is 377. The van der Waals surface area contributed by atoms with E-state index in [0.717, 1.165) is 37.1 Å². The molecule has 0 unspecified atom stereocenters. The number of nitrogens with one attached hydrogen (secondary N) is 1. The van der Waals surface area contributed by atoms with E-state index in [1.807, 2.05) is 0 Å². The minimum atomic E-state index is 0.390. The zero-order valence-electron chi connectivity index (χ0n) is 10.7. The summed E-state index contributed by atoms with van der Waals surface area (Å²) < 4.78 is 5.24. The van der Waals surface area contributed by atoms with Gasteiger partial charge in [0.25, 0.3) is 0 Å². The zero-order valence-corrected chi connectivity index (χ0v) is 10.7. The third-order valence-corrected chi connectivity index (χ3v) is 3.27. The van der Waals surface area contributed by atoms with Crippen molar-refractivity contribution in [1.29, 1.82) is 0 Å². The Morgan fingerprint density at radius 3 is 2.47 bits per heavy atom. The fourth-order valence-corrected chi connectivity index (χ4v) is 2.06. The third-order valence-electron chi connectivity index (χ3n) is 3.27. The normalized spacial score (nSPS) is 23.2. The molecule has 0 aliphatic heterocycles. The number of ether oxygens (including phenoxy) is 1. The fourth-order valence-electron chi connectivity index (χ4n) is 2.06. The minimum Gasteiger partial charge on any atom is -0.381 e. The van der Waals surface area contributed by atoms with Gasteiger partial charge in [-0.15, -0.1) is 5.10 Å². The first-order chi connectivity index (χ1) is 8.26. The van der Waals surface area contributed by atoms with Crippen molar-refractivity contribution in [2.45, 2.75) is 51.7 Å². The summed E-state index contributed by atoms with van der Waals surface area (Å²) in [6.45, 7) is 4.17. The van der Waals surface area contributed by atoms with Crippen molar-refractivity contribution in [3.63, 3.8) is 0 Å². The highest BCUT2D eigenvalue weighted by Gasteiger charge is 2.29. The molecule has 5 nitrogen and oxygen atoms in total. The van der Waals surface area contributed by atoms with E-state index in [0.29, 0.717) is 18.1 Å². The Kier molecular flexibility index (Phi) is 3.89. The zero-order chi connectivity index (χ0) is 12.3. The molecule has 1 saturated carbocycles. The molecule has 1 heterocycles. The lowest BCUT2D eigenvalue weighted by Crippen LogP contribution is -2.40. The smallest absolute Gasteiger partial charge is 0.243 e. The Morgan fingerprint density at radius 1 is 1.18 bits per heavy atom. The Hall–Kier alpha value is -1.23. The Labute approximate surface area is 102 Å². The van der Waals surface area contributed by atoms with E-state index in [1.165, 1.54) is 0 Å². The molecule has 1 N–H and O–H groups in total. The van der Waals surface area contributed by atoms with Crippen molar-refractivity contribution in [3.8, 4) is 0 Å². The molecule has 0 saturated heterocycles. The van der Waals surface area contributed by atoms with Crippen LogP contribution >= 0.6 is 0 Å². The maximum absolute atomic E-state index is 5.24. The number of rotatable bonds is 5. The van der Waals surface area contributed by atoms with Gasteiger partial charge in [0.1, 0.15) is 0 Å². The molecule has 0 spiro atoms. The average molecular weight is 236 g/mol. The molecular weight excluding hydrogens is 216 g/mol. The van der Waals surface area contributed by atoms with Crippen molar-refractivity contribution in [3.05, 3.63) is 11.4 Å². The van der Waals surface area contributed by atoms with Gasteiger partial charge in [0.2, 0.25) is 5.95 Å². The number of anilines is 1. The predicted octanol–water partition coefficient (Wildman–Crippen LogP) is 1.59. The highest BCUT2D eigenvalue weighted by atomic mass is 16.5. The SMILES string of the molecule is CCc1nnc(NC2CC(OC)C2)nc1CC. The number of aryl methyl sites for hydroxylation is 2. The topological polar surface area (TPSA) is 59.9 Å². The second-order valence-electron chi connectivity index (χ2n) is 4.41.